The molecule has 0 radical (unpaired) electrons. The van der Waals surface area contributed by atoms with E-state index in [2.05, 4.69) is 25.8 Å². The van der Waals surface area contributed by atoms with Crippen molar-refractivity contribution in [2.45, 2.75) is 26.2 Å². The van der Waals surface area contributed by atoms with Crippen LogP contribution in [0.15, 0.2) is 36.5 Å². The van der Waals surface area contributed by atoms with Crippen LogP contribution in [0.5, 0.6) is 0 Å². The van der Waals surface area contributed by atoms with Crippen LogP contribution in [0.2, 0.25) is 0 Å². The predicted octanol–water partition coefficient (Wildman–Crippen LogP) is 4.32. The molecular formula is C15H15F2N. The van der Waals surface area contributed by atoms with Crippen LogP contribution >= 0.6 is 0 Å². The summed E-state index contributed by atoms with van der Waals surface area (Å²) in [6.45, 7) is 6.16. The summed E-state index contributed by atoms with van der Waals surface area (Å²) in [5.41, 5.74) is 1.69. The first-order valence-corrected chi connectivity index (χ1v) is 5.80. The summed E-state index contributed by atoms with van der Waals surface area (Å²) in [6.07, 6.45) is 1.58. The van der Waals surface area contributed by atoms with Gasteiger partial charge in [-0.15, -0.1) is 0 Å². The normalized spacial score (nSPS) is 11.6. The van der Waals surface area contributed by atoms with Gasteiger partial charge in [0, 0.05) is 28.4 Å². The van der Waals surface area contributed by atoms with Gasteiger partial charge in [0.05, 0.1) is 0 Å². The van der Waals surface area contributed by atoms with Crippen molar-refractivity contribution in [3.8, 4) is 11.1 Å². The molecule has 0 atom stereocenters. The molecular weight excluding hydrogens is 232 g/mol. The fourth-order valence-corrected chi connectivity index (χ4v) is 1.72. The molecule has 0 aliphatic rings. The molecule has 0 amide bonds. The molecule has 0 fully saturated rings. The van der Waals surface area contributed by atoms with E-state index in [9.17, 15) is 8.78 Å². The van der Waals surface area contributed by atoms with Gasteiger partial charge in [0.25, 0.3) is 0 Å². The molecule has 3 heteroatoms. The summed E-state index contributed by atoms with van der Waals surface area (Å²) in [6, 6.07) is 7.76. The summed E-state index contributed by atoms with van der Waals surface area (Å²) in [5.74, 6) is -1.67. The Bertz CT molecular complexity index is 554. The van der Waals surface area contributed by atoms with E-state index < -0.39 is 11.6 Å². The highest BCUT2D eigenvalue weighted by atomic mass is 19.2. The Kier molecular flexibility index (Phi) is 3.16. The highest BCUT2D eigenvalue weighted by Gasteiger charge is 2.16. The molecule has 1 aromatic carbocycles. The summed E-state index contributed by atoms with van der Waals surface area (Å²) >= 11 is 0. The number of benzene rings is 1. The molecule has 0 saturated carbocycles. The van der Waals surface area contributed by atoms with Gasteiger partial charge in [0.2, 0.25) is 0 Å². The lowest BCUT2D eigenvalue weighted by molar-refractivity contribution is 0.511. The molecule has 2 rings (SSSR count). The summed E-state index contributed by atoms with van der Waals surface area (Å²) in [4.78, 5) is 4.31. The molecule has 0 N–H and O–H groups in total. The predicted molar refractivity (Wildman–Crippen MR) is 68.3 cm³/mol. The third-order valence-electron chi connectivity index (χ3n) is 2.79. The second-order valence-electron chi connectivity index (χ2n) is 5.28. The summed E-state index contributed by atoms with van der Waals surface area (Å²) in [7, 11) is 0. The second-order valence-corrected chi connectivity index (χ2v) is 5.28. The van der Waals surface area contributed by atoms with Crippen LogP contribution < -0.4 is 0 Å². The number of nitrogens with zero attached hydrogens (tertiary/aromatic N) is 1. The Labute approximate surface area is 105 Å². The van der Waals surface area contributed by atoms with Crippen molar-refractivity contribution in [1.29, 1.82) is 0 Å². The quantitative estimate of drug-likeness (QED) is 0.731. The Morgan fingerprint density at radius 2 is 1.72 bits per heavy atom. The van der Waals surface area contributed by atoms with Gasteiger partial charge in [-0.25, -0.2) is 8.78 Å². The standard InChI is InChI=1S/C15H15F2N/c1-15(2,3)13-8-7-10(9-18-13)11-5-4-6-12(16)14(11)17/h4-9H,1-3H3. The van der Waals surface area contributed by atoms with Crippen LogP contribution in [0.1, 0.15) is 26.5 Å². The fourth-order valence-electron chi connectivity index (χ4n) is 1.72. The zero-order valence-electron chi connectivity index (χ0n) is 10.7. The van der Waals surface area contributed by atoms with Crippen LogP contribution in [0.4, 0.5) is 8.78 Å². The van der Waals surface area contributed by atoms with E-state index in [0.717, 1.165) is 11.8 Å². The van der Waals surface area contributed by atoms with Crippen molar-refractivity contribution >= 4 is 0 Å². The average Bonchev–Trinajstić information content (AvgIpc) is 2.32. The zero-order valence-corrected chi connectivity index (χ0v) is 10.7. The molecule has 1 heterocycles. The minimum absolute atomic E-state index is 0.0565. The van der Waals surface area contributed by atoms with Crippen molar-refractivity contribution < 1.29 is 8.78 Å². The second kappa shape index (κ2) is 4.48. The molecule has 0 aliphatic carbocycles. The number of halogens is 2. The van der Waals surface area contributed by atoms with Crippen molar-refractivity contribution in [2.24, 2.45) is 0 Å². The largest absolute Gasteiger partial charge is 0.260 e. The third kappa shape index (κ3) is 2.40. The molecule has 0 unspecified atom stereocenters. The van der Waals surface area contributed by atoms with Crippen LogP contribution in [-0.2, 0) is 5.41 Å². The Hall–Kier alpha value is -1.77. The number of hydrogen-bond acceptors (Lipinski definition) is 1. The average molecular weight is 247 g/mol. The molecule has 0 aliphatic heterocycles. The van der Waals surface area contributed by atoms with Crippen LogP contribution in [0, 0.1) is 11.6 Å². The van der Waals surface area contributed by atoms with Crippen molar-refractivity contribution in [1.82, 2.24) is 4.98 Å². The van der Waals surface area contributed by atoms with Crippen LogP contribution in [-0.4, -0.2) is 4.98 Å². The van der Waals surface area contributed by atoms with E-state index in [1.165, 1.54) is 6.07 Å². The molecule has 0 spiro atoms. The summed E-state index contributed by atoms with van der Waals surface area (Å²) < 4.78 is 26.8. The maximum absolute atomic E-state index is 13.6. The first-order chi connectivity index (χ1) is 8.39. The first-order valence-electron chi connectivity index (χ1n) is 5.80. The first kappa shape index (κ1) is 12.7. The monoisotopic (exact) mass is 247 g/mol. The van der Waals surface area contributed by atoms with Gasteiger partial charge in [-0.05, 0) is 12.1 Å². The highest BCUT2D eigenvalue weighted by Crippen LogP contribution is 2.26. The van der Waals surface area contributed by atoms with Gasteiger partial charge in [-0.3, -0.25) is 4.98 Å². The SMILES string of the molecule is CC(C)(C)c1ccc(-c2cccc(F)c2F)cn1. The minimum atomic E-state index is -0.840. The number of hydrogen-bond donors (Lipinski definition) is 0. The number of pyridine rings is 1. The van der Waals surface area contributed by atoms with Gasteiger partial charge in [-0.1, -0.05) is 39.0 Å². The van der Waals surface area contributed by atoms with Gasteiger partial charge < -0.3 is 0 Å². The van der Waals surface area contributed by atoms with Crippen molar-refractivity contribution in [3.05, 3.63) is 53.9 Å². The lowest BCUT2D eigenvalue weighted by atomic mass is 9.91. The maximum atomic E-state index is 13.6. The van der Waals surface area contributed by atoms with E-state index in [-0.39, 0.29) is 11.0 Å². The molecule has 94 valence electrons. The molecule has 0 saturated heterocycles. The van der Waals surface area contributed by atoms with E-state index in [0.29, 0.717) is 5.56 Å². The minimum Gasteiger partial charge on any atom is -0.260 e. The van der Waals surface area contributed by atoms with Crippen molar-refractivity contribution in [2.75, 3.05) is 0 Å². The molecule has 18 heavy (non-hydrogen) atoms. The number of rotatable bonds is 1. The van der Waals surface area contributed by atoms with Gasteiger partial charge in [0.15, 0.2) is 11.6 Å². The smallest absolute Gasteiger partial charge is 0.166 e. The zero-order chi connectivity index (χ0) is 13.3. The Balaban J connectivity index is 2.44. The summed E-state index contributed by atoms with van der Waals surface area (Å²) in [5, 5.41) is 0. The third-order valence-corrected chi connectivity index (χ3v) is 2.79. The van der Waals surface area contributed by atoms with E-state index >= 15 is 0 Å². The topological polar surface area (TPSA) is 12.9 Å². The Morgan fingerprint density at radius 3 is 2.28 bits per heavy atom. The van der Waals surface area contributed by atoms with Gasteiger partial charge in [-0.2, -0.15) is 0 Å². The Morgan fingerprint density at radius 1 is 1.00 bits per heavy atom. The molecule has 1 nitrogen and oxygen atoms in total. The van der Waals surface area contributed by atoms with E-state index in [1.54, 1.807) is 18.3 Å². The molecule has 0 bridgehead atoms. The molecule has 1 aromatic heterocycles. The highest BCUT2D eigenvalue weighted by molar-refractivity contribution is 5.63. The number of aromatic nitrogens is 1. The van der Waals surface area contributed by atoms with E-state index in [4.69, 9.17) is 0 Å². The lowest BCUT2D eigenvalue weighted by Gasteiger charge is -2.17. The van der Waals surface area contributed by atoms with E-state index in [1.807, 2.05) is 6.07 Å². The van der Waals surface area contributed by atoms with Gasteiger partial charge in [0.1, 0.15) is 0 Å². The van der Waals surface area contributed by atoms with Crippen LogP contribution in [0.25, 0.3) is 11.1 Å². The van der Waals surface area contributed by atoms with Crippen molar-refractivity contribution in [3.63, 3.8) is 0 Å². The lowest BCUT2D eigenvalue weighted by Crippen LogP contribution is -2.12. The van der Waals surface area contributed by atoms with Crippen LogP contribution in [0.3, 0.4) is 0 Å². The fraction of sp³-hybridized carbons (Fsp3) is 0.267. The maximum Gasteiger partial charge on any atom is 0.166 e. The van der Waals surface area contributed by atoms with Gasteiger partial charge >= 0.3 is 0 Å². The molecule has 2 aromatic rings.